The average molecular weight is 286 g/mol. The molecule has 2 aromatic carbocycles. The summed E-state index contributed by atoms with van der Waals surface area (Å²) in [6.45, 7) is 1.92. The maximum absolute atomic E-state index is 12.3. The van der Waals surface area contributed by atoms with Crippen molar-refractivity contribution in [3.63, 3.8) is 0 Å². The third kappa shape index (κ3) is 3.25. The molecule has 0 saturated carbocycles. The first kappa shape index (κ1) is 14.7. The van der Waals surface area contributed by atoms with Crippen LogP contribution in [0.25, 0.3) is 0 Å². The molecule has 5 heteroatoms. The van der Waals surface area contributed by atoms with Crippen LogP contribution >= 0.6 is 0 Å². The summed E-state index contributed by atoms with van der Waals surface area (Å²) in [5.74, 6) is 0.886. The second-order valence-corrected chi connectivity index (χ2v) is 4.61. The highest BCUT2D eigenvalue weighted by Gasteiger charge is 2.13. The van der Waals surface area contributed by atoms with Gasteiger partial charge in [-0.1, -0.05) is 6.07 Å². The minimum absolute atomic E-state index is 0.293. The number of methoxy groups -OCH3 is 2. The number of aryl methyl sites for hydroxylation is 1. The molecule has 0 unspecified atom stereocenters. The van der Waals surface area contributed by atoms with Crippen molar-refractivity contribution < 1.29 is 14.3 Å². The molecule has 2 aromatic rings. The fourth-order valence-electron chi connectivity index (χ4n) is 1.99. The van der Waals surface area contributed by atoms with Gasteiger partial charge in [-0.3, -0.25) is 4.79 Å². The van der Waals surface area contributed by atoms with Crippen LogP contribution in [0.5, 0.6) is 11.5 Å². The summed E-state index contributed by atoms with van der Waals surface area (Å²) >= 11 is 0. The summed E-state index contributed by atoms with van der Waals surface area (Å²) in [6.07, 6.45) is 0. The van der Waals surface area contributed by atoms with E-state index in [-0.39, 0.29) is 5.91 Å². The number of rotatable bonds is 4. The number of hydrogen-bond donors (Lipinski definition) is 2. The number of carbonyl (C=O) groups excluding carboxylic acids is 1. The van der Waals surface area contributed by atoms with Crippen molar-refractivity contribution in [3.8, 4) is 11.5 Å². The van der Waals surface area contributed by atoms with E-state index in [1.165, 1.54) is 7.11 Å². The fraction of sp³-hybridized carbons (Fsp3) is 0.188. The number of carbonyl (C=O) groups is 1. The van der Waals surface area contributed by atoms with E-state index in [9.17, 15) is 4.79 Å². The Bertz CT molecular complexity index is 669. The average Bonchev–Trinajstić information content (AvgIpc) is 2.46. The van der Waals surface area contributed by atoms with Crippen molar-refractivity contribution in [2.45, 2.75) is 6.92 Å². The largest absolute Gasteiger partial charge is 0.497 e. The molecule has 1 amide bonds. The molecule has 0 aromatic heterocycles. The molecular weight excluding hydrogens is 268 g/mol. The molecule has 3 N–H and O–H groups in total. The summed E-state index contributed by atoms with van der Waals surface area (Å²) in [4.78, 5) is 12.3. The number of nitrogens with one attached hydrogen (secondary N) is 1. The lowest BCUT2D eigenvalue weighted by Crippen LogP contribution is -2.14. The molecule has 0 heterocycles. The molecule has 0 spiro atoms. The van der Waals surface area contributed by atoms with E-state index in [0.29, 0.717) is 28.4 Å². The van der Waals surface area contributed by atoms with Gasteiger partial charge in [0.2, 0.25) is 0 Å². The van der Waals surface area contributed by atoms with E-state index in [1.54, 1.807) is 37.4 Å². The third-order valence-corrected chi connectivity index (χ3v) is 3.11. The van der Waals surface area contributed by atoms with Crippen LogP contribution in [-0.2, 0) is 0 Å². The SMILES string of the molecule is COc1ccc(OC)c(NC(=O)c2ccc(C)cc2N)c1. The number of hydrogen-bond acceptors (Lipinski definition) is 4. The van der Waals surface area contributed by atoms with Gasteiger partial charge in [0.15, 0.2) is 0 Å². The van der Waals surface area contributed by atoms with Gasteiger partial charge in [-0.2, -0.15) is 0 Å². The summed E-state index contributed by atoms with van der Waals surface area (Å²) in [5.41, 5.74) is 8.28. The van der Waals surface area contributed by atoms with Gasteiger partial charge >= 0.3 is 0 Å². The van der Waals surface area contributed by atoms with Crippen LogP contribution in [0.15, 0.2) is 36.4 Å². The topological polar surface area (TPSA) is 73.6 Å². The molecule has 0 radical (unpaired) electrons. The van der Waals surface area contributed by atoms with Crippen LogP contribution in [0, 0.1) is 6.92 Å². The van der Waals surface area contributed by atoms with Gasteiger partial charge in [-0.25, -0.2) is 0 Å². The van der Waals surface area contributed by atoms with E-state index in [4.69, 9.17) is 15.2 Å². The summed E-state index contributed by atoms with van der Waals surface area (Å²) in [6, 6.07) is 10.5. The fourth-order valence-corrected chi connectivity index (χ4v) is 1.99. The number of anilines is 2. The second-order valence-electron chi connectivity index (χ2n) is 4.61. The zero-order valence-electron chi connectivity index (χ0n) is 12.3. The van der Waals surface area contributed by atoms with E-state index in [2.05, 4.69) is 5.32 Å². The Morgan fingerprint density at radius 1 is 1.10 bits per heavy atom. The first-order valence-corrected chi connectivity index (χ1v) is 6.44. The van der Waals surface area contributed by atoms with E-state index >= 15 is 0 Å². The van der Waals surface area contributed by atoms with Crippen LogP contribution in [0.3, 0.4) is 0 Å². The molecule has 0 bridgehead atoms. The van der Waals surface area contributed by atoms with Crippen LogP contribution in [-0.4, -0.2) is 20.1 Å². The van der Waals surface area contributed by atoms with Crippen molar-refractivity contribution in [1.82, 2.24) is 0 Å². The summed E-state index contributed by atoms with van der Waals surface area (Å²) < 4.78 is 10.4. The van der Waals surface area contributed by atoms with Gasteiger partial charge in [0.05, 0.1) is 25.5 Å². The maximum Gasteiger partial charge on any atom is 0.257 e. The van der Waals surface area contributed by atoms with Gasteiger partial charge in [0.25, 0.3) is 5.91 Å². The predicted molar refractivity (Wildman–Crippen MR) is 83.1 cm³/mol. The smallest absolute Gasteiger partial charge is 0.257 e. The van der Waals surface area contributed by atoms with Gasteiger partial charge in [0.1, 0.15) is 11.5 Å². The number of nitrogen functional groups attached to an aromatic ring is 1. The highest BCUT2D eigenvalue weighted by Crippen LogP contribution is 2.29. The highest BCUT2D eigenvalue weighted by molar-refractivity contribution is 6.08. The van der Waals surface area contributed by atoms with Gasteiger partial charge in [-0.15, -0.1) is 0 Å². The molecule has 0 saturated heterocycles. The van der Waals surface area contributed by atoms with E-state index in [1.807, 2.05) is 13.0 Å². The molecule has 0 fully saturated rings. The Morgan fingerprint density at radius 2 is 1.86 bits per heavy atom. The summed E-state index contributed by atoms with van der Waals surface area (Å²) in [5, 5.41) is 2.79. The Kier molecular flexibility index (Phi) is 4.33. The number of benzene rings is 2. The number of amides is 1. The molecule has 0 aliphatic rings. The molecule has 21 heavy (non-hydrogen) atoms. The molecule has 5 nitrogen and oxygen atoms in total. The molecule has 0 aliphatic heterocycles. The zero-order valence-corrected chi connectivity index (χ0v) is 12.3. The molecular formula is C16H18N2O3. The van der Waals surface area contributed by atoms with Crippen molar-refractivity contribution in [1.29, 1.82) is 0 Å². The van der Waals surface area contributed by atoms with Crippen molar-refractivity contribution in [3.05, 3.63) is 47.5 Å². The van der Waals surface area contributed by atoms with Crippen LogP contribution in [0.2, 0.25) is 0 Å². The van der Waals surface area contributed by atoms with Gasteiger partial charge < -0.3 is 20.5 Å². The Hall–Kier alpha value is -2.69. The lowest BCUT2D eigenvalue weighted by molar-refractivity contribution is 0.102. The lowest BCUT2D eigenvalue weighted by Gasteiger charge is -2.12. The first-order chi connectivity index (χ1) is 10.0. The van der Waals surface area contributed by atoms with Crippen LogP contribution in [0.4, 0.5) is 11.4 Å². The number of nitrogens with two attached hydrogens (primary N) is 1. The molecule has 110 valence electrons. The Morgan fingerprint density at radius 3 is 2.48 bits per heavy atom. The first-order valence-electron chi connectivity index (χ1n) is 6.44. The Balaban J connectivity index is 2.30. The third-order valence-electron chi connectivity index (χ3n) is 3.11. The van der Waals surface area contributed by atoms with Crippen LogP contribution < -0.4 is 20.5 Å². The predicted octanol–water partition coefficient (Wildman–Crippen LogP) is 2.85. The second kappa shape index (κ2) is 6.17. The van der Waals surface area contributed by atoms with Crippen molar-refractivity contribution >= 4 is 17.3 Å². The zero-order chi connectivity index (χ0) is 15.4. The maximum atomic E-state index is 12.3. The minimum atomic E-state index is -0.293. The van der Waals surface area contributed by atoms with Crippen molar-refractivity contribution in [2.75, 3.05) is 25.3 Å². The van der Waals surface area contributed by atoms with Gasteiger partial charge in [-0.05, 0) is 36.8 Å². The summed E-state index contributed by atoms with van der Waals surface area (Å²) in [7, 11) is 3.10. The van der Waals surface area contributed by atoms with E-state index < -0.39 is 0 Å². The molecule has 0 aliphatic carbocycles. The normalized spacial score (nSPS) is 10.0. The van der Waals surface area contributed by atoms with Gasteiger partial charge in [0, 0.05) is 11.8 Å². The molecule has 2 rings (SSSR count). The highest BCUT2D eigenvalue weighted by atomic mass is 16.5. The Labute approximate surface area is 123 Å². The van der Waals surface area contributed by atoms with Crippen LogP contribution in [0.1, 0.15) is 15.9 Å². The quantitative estimate of drug-likeness (QED) is 0.848. The van der Waals surface area contributed by atoms with Crippen molar-refractivity contribution in [2.24, 2.45) is 0 Å². The lowest BCUT2D eigenvalue weighted by atomic mass is 10.1. The monoisotopic (exact) mass is 286 g/mol. The molecule has 0 atom stereocenters. The standard InChI is InChI=1S/C16H18N2O3/c1-10-4-6-12(13(17)8-10)16(19)18-14-9-11(20-2)5-7-15(14)21-3/h4-9H,17H2,1-3H3,(H,18,19). The van der Waals surface area contributed by atoms with E-state index in [0.717, 1.165) is 5.56 Å². The minimum Gasteiger partial charge on any atom is -0.497 e. The number of ether oxygens (including phenoxy) is 2.